The third-order valence-corrected chi connectivity index (χ3v) is 10.5. The minimum absolute atomic E-state index is 0.0845. The fourth-order valence-corrected chi connectivity index (χ4v) is 8.44. The second-order valence-corrected chi connectivity index (χ2v) is 12.7. The average molecular weight is 611 g/mol. The summed E-state index contributed by atoms with van der Waals surface area (Å²) in [5.74, 6) is -2.50. The number of hydrogen-bond donors (Lipinski definition) is 0. The molecule has 2 heterocycles. The molecule has 3 aliphatic carbocycles. The Morgan fingerprint density at radius 3 is 1.67 bits per heavy atom. The summed E-state index contributed by atoms with van der Waals surface area (Å²) < 4.78 is 5.73. The number of esters is 1. The van der Waals surface area contributed by atoms with E-state index in [1.54, 1.807) is 29.2 Å². The maximum atomic E-state index is 14.0. The molecule has 2 fully saturated rings. The third kappa shape index (κ3) is 4.10. The number of imide groups is 1. The number of aryl methyl sites for hydroxylation is 2. The zero-order valence-electron chi connectivity index (χ0n) is 25.8. The zero-order chi connectivity index (χ0) is 31.7. The first-order valence-electron chi connectivity index (χ1n) is 16.2. The van der Waals surface area contributed by atoms with E-state index >= 15 is 0 Å². The van der Waals surface area contributed by atoms with Crippen molar-refractivity contribution in [1.29, 1.82) is 0 Å². The largest absolute Gasteiger partial charge is 0.426 e. The van der Waals surface area contributed by atoms with Crippen molar-refractivity contribution in [3.05, 3.63) is 124 Å². The molecule has 3 atom stereocenters. The van der Waals surface area contributed by atoms with Gasteiger partial charge >= 0.3 is 5.97 Å². The van der Waals surface area contributed by atoms with E-state index in [0.717, 1.165) is 51.9 Å². The number of ether oxygens (including phenoxy) is 1. The molecule has 2 saturated heterocycles. The lowest BCUT2D eigenvalue weighted by Crippen LogP contribution is -2.41. The Kier molecular flexibility index (Phi) is 6.67. The molecule has 0 radical (unpaired) electrons. The van der Waals surface area contributed by atoms with Crippen LogP contribution < -0.4 is 14.5 Å². The predicted octanol–water partition coefficient (Wildman–Crippen LogP) is 6.17. The SMILES string of the molecule is CCc1cccc(CC)c1N1C[C@H](C(=O)Oc2ccc(N3C(=O)[C@H]4C5c6ccccc6C(c6ccccc65)[C@@H]4C3=O)cc2)CC1=O. The Hall–Kier alpha value is -5.04. The summed E-state index contributed by atoms with van der Waals surface area (Å²) in [4.78, 5) is 57.5. The van der Waals surface area contributed by atoms with Gasteiger partial charge < -0.3 is 9.64 Å². The third-order valence-electron chi connectivity index (χ3n) is 10.5. The van der Waals surface area contributed by atoms with Gasteiger partial charge in [0.2, 0.25) is 17.7 Å². The van der Waals surface area contributed by atoms with Crippen LogP contribution in [-0.2, 0) is 32.0 Å². The molecule has 0 unspecified atom stereocenters. The highest BCUT2D eigenvalue weighted by Crippen LogP contribution is 2.61. The summed E-state index contributed by atoms with van der Waals surface area (Å²) >= 11 is 0. The highest BCUT2D eigenvalue weighted by molar-refractivity contribution is 6.23. The molecule has 9 rings (SSSR count). The van der Waals surface area contributed by atoms with E-state index in [0.29, 0.717) is 11.4 Å². The summed E-state index contributed by atoms with van der Waals surface area (Å²) in [6.07, 6.45) is 1.67. The minimum atomic E-state index is -0.592. The lowest BCUT2D eigenvalue weighted by Gasteiger charge is -2.45. The second-order valence-electron chi connectivity index (χ2n) is 12.7. The van der Waals surface area contributed by atoms with E-state index in [1.807, 2.05) is 42.5 Å². The van der Waals surface area contributed by atoms with E-state index in [4.69, 9.17) is 4.74 Å². The molecule has 230 valence electrons. The van der Waals surface area contributed by atoms with E-state index in [-0.39, 0.29) is 42.5 Å². The van der Waals surface area contributed by atoms with Gasteiger partial charge in [0.05, 0.1) is 23.4 Å². The van der Waals surface area contributed by atoms with Gasteiger partial charge in [0.15, 0.2) is 0 Å². The van der Waals surface area contributed by atoms with E-state index in [9.17, 15) is 19.2 Å². The molecule has 7 heteroatoms. The first-order valence-corrected chi connectivity index (χ1v) is 16.2. The number of hydrogen-bond acceptors (Lipinski definition) is 5. The van der Waals surface area contributed by atoms with E-state index in [1.165, 1.54) is 4.90 Å². The fourth-order valence-electron chi connectivity index (χ4n) is 8.44. The van der Waals surface area contributed by atoms with Gasteiger partial charge in [-0.3, -0.25) is 19.2 Å². The summed E-state index contributed by atoms with van der Waals surface area (Å²) in [7, 11) is 0. The van der Waals surface area contributed by atoms with Crippen molar-refractivity contribution in [1.82, 2.24) is 0 Å². The van der Waals surface area contributed by atoms with Crippen LogP contribution in [0.15, 0.2) is 91.0 Å². The number of amides is 3. The van der Waals surface area contributed by atoms with Gasteiger partial charge in [0.25, 0.3) is 0 Å². The number of rotatable bonds is 6. The van der Waals surface area contributed by atoms with Crippen LogP contribution in [0.1, 0.15) is 65.5 Å². The highest BCUT2D eigenvalue weighted by atomic mass is 16.5. The van der Waals surface area contributed by atoms with Crippen molar-refractivity contribution in [2.45, 2.75) is 44.9 Å². The smallest absolute Gasteiger partial charge is 0.316 e. The molecule has 46 heavy (non-hydrogen) atoms. The molecule has 3 amide bonds. The fraction of sp³-hybridized carbons (Fsp3) is 0.282. The molecule has 0 N–H and O–H groups in total. The van der Waals surface area contributed by atoms with Crippen molar-refractivity contribution in [2.75, 3.05) is 16.3 Å². The van der Waals surface area contributed by atoms with Gasteiger partial charge in [-0.15, -0.1) is 0 Å². The molecule has 0 saturated carbocycles. The lowest BCUT2D eigenvalue weighted by molar-refractivity contribution is -0.139. The number of nitrogens with zero attached hydrogens (tertiary/aromatic N) is 2. The first-order chi connectivity index (χ1) is 22.4. The van der Waals surface area contributed by atoms with Gasteiger partial charge in [-0.2, -0.15) is 0 Å². The van der Waals surface area contributed by atoms with Gasteiger partial charge in [0, 0.05) is 30.5 Å². The minimum Gasteiger partial charge on any atom is -0.426 e. The standard InChI is InChI=1S/C39H34N2O5/c1-3-22-10-9-11-23(4-2)36(22)40-21-24(20-31(40)42)39(45)46-26-18-16-25(17-19-26)41-37(43)34-32-27-12-5-6-13-28(27)33(35(34)38(41)44)30-15-8-7-14-29(30)32/h5-19,24,32-35H,3-4,20-21H2,1-2H3/t24-,32?,33?,34+,35+/m1/s1. The highest BCUT2D eigenvalue weighted by Gasteiger charge is 2.61. The molecule has 4 aromatic carbocycles. The van der Waals surface area contributed by atoms with Crippen LogP contribution in [0, 0.1) is 17.8 Å². The van der Waals surface area contributed by atoms with Crippen molar-refractivity contribution < 1.29 is 23.9 Å². The predicted molar refractivity (Wildman–Crippen MR) is 174 cm³/mol. The normalized spacial score (nSPS) is 24.2. The maximum absolute atomic E-state index is 14.0. The summed E-state index contributed by atoms with van der Waals surface area (Å²) in [5, 5.41) is 0. The van der Waals surface area contributed by atoms with Crippen LogP contribution in [-0.4, -0.2) is 30.2 Å². The number of benzene rings is 4. The molecule has 7 nitrogen and oxygen atoms in total. The number of carbonyl (C=O) groups excluding carboxylic acids is 4. The number of anilines is 2. The van der Waals surface area contributed by atoms with Crippen LogP contribution in [0.2, 0.25) is 0 Å². The summed E-state index contributed by atoms with van der Waals surface area (Å²) in [6, 6.07) is 29.0. The van der Waals surface area contributed by atoms with Gasteiger partial charge in [0.1, 0.15) is 5.75 Å². The molecule has 4 aromatic rings. The Balaban J connectivity index is 1.01. The monoisotopic (exact) mass is 610 g/mol. The Labute approximate surface area is 267 Å². The van der Waals surface area contributed by atoms with Gasteiger partial charge in [-0.25, -0.2) is 4.90 Å². The van der Waals surface area contributed by atoms with Gasteiger partial charge in [-0.1, -0.05) is 80.6 Å². The lowest BCUT2D eigenvalue weighted by atomic mass is 9.55. The van der Waals surface area contributed by atoms with Crippen molar-refractivity contribution in [2.24, 2.45) is 17.8 Å². The van der Waals surface area contributed by atoms with Crippen molar-refractivity contribution in [3.63, 3.8) is 0 Å². The molecule has 0 aromatic heterocycles. The topological polar surface area (TPSA) is 84.0 Å². The summed E-state index contributed by atoms with van der Waals surface area (Å²) in [5.41, 5.74) is 8.07. The zero-order valence-corrected chi connectivity index (χ0v) is 25.8. The van der Waals surface area contributed by atoms with Crippen molar-refractivity contribution in [3.8, 4) is 5.75 Å². The van der Waals surface area contributed by atoms with Crippen LogP contribution in [0.25, 0.3) is 0 Å². The maximum Gasteiger partial charge on any atom is 0.316 e. The van der Waals surface area contributed by atoms with Crippen LogP contribution in [0.5, 0.6) is 5.75 Å². The summed E-state index contributed by atoms with van der Waals surface area (Å²) in [6.45, 7) is 4.40. The molecule has 2 bridgehead atoms. The second kappa shape index (κ2) is 10.8. The van der Waals surface area contributed by atoms with E-state index < -0.39 is 23.7 Å². The van der Waals surface area contributed by atoms with Crippen LogP contribution in [0.3, 0.4) is 0 Å². The first kappa shape index (κ1) is 28.4. The molecular formula is C39H34N2O5. The van der Waals surface area contributed by atoms with E-state index in [2.05, 4.69) is 38.1 Å². The number of carbonyl (C=O) groups is 4. The Morgan fingerprint density at radius 1 is 0.696 bits per heavy atom. The molecule has 2 aliphatic heterocycles. The molecule has 0 spiro atoms. The number of para-hydroxylation sites is 1. The van der Waals surface area contributed by atoms with Crippen LogP contribution >= 0.6 is 0 Å². The molecular weight excluding hydrogens is 576 g/mol. The van der Waals surface area contributed by atoms with Crippen molar-refractivity contribution >= 4 is 35.1 Å². The average Bonchev–Trinajstić information content (AvgIpc) is 3.61. The quantitative estimate of drug-likeness (QED) is 0.148. The Morgan fingerprint density at radius 2 is 1.20 bits per heavy atom. The Bertz CT molecular complexity index is 1790. The van der Waals surface area contributed by atoms with Gasteiger partial charge in [-0.05, 0) is 70.5 Å². The van der Waals surface area contributed by atoms with Crippen LogP contribution in [0.4, 0.5) is 11.4 Å². The molecule has 5 aliphatic rings.